The second-order valence-electron chi connectivity index (χ2n) is 5.05. The molecule has 0 N–H and O–H groups in total. The Morgan fingerprint density at radius 3 is 1.36 bits per heavy atom. The van der Waals surface area contributed by atoms with Crippen LogP contribution in [0, 0.1) is 13.8 Å². The van der Waals surface area contributed by atoms with Crippen LogP contribution in [0.4, 0.5) is 0 Å². The molecule has 0 fully saturated rings. The molecule has 0 amide bonds. The number of aldehydes is 2. The number of ether oxygens (including phenoxy) is 2. The van der Waals surface area contributed by atoms with Gasteiger partial charge in [-0.2, -0.15) is 0 Å². The van der Waals surface area contributed by atoms with Crippen LogP contribution in [0.2, 0.25) is 0 Å². The molecule has 0 spiro atoms. The minimum absolute atomic E-state index is 0.494. The number of rotatable bonds is 5. The highest BCUT2D eigenvalue weighted by molar-refractivity contribution is 5.97. The van der Waals surface area contributed by atoms with Crippen molar-refractivity contribution in [1.82, 2.24) is 0 Å². The summed E-state index contributed by atoms with van der Waals surface area (Å²) in [7, 11) is 3.11. The molecule has 0 unspecified atom stereocenters. The van der Waals surface area contributed by atoms with Crippen LogP contribution >= 0.6 is 0 Å². The fourth-order valence-electron chi connectivity index (χ4n) is 2.67. The van der Waals surface area contributed by atoms with Crippen LogP contribution in [0.5, 0.6) is 11.5 Å². The number of aryl methyl sites for hydroxylation is 2. The van der Waals surface area contributed by atoms with Crippen LogP contribution in [0.15, 0.2) is 24.3 Å². The van der Waals surface area contributed by atoms with Crippen molar-refractivity contribution in [2.24, 2.45) is 0 Å². The van der Waals surface area contributed by atoms with Crippen molar-refractivity contribution in [2.75, 3.05) is 14.2 Å². The van der Waals surface area contributed by atoms with Gasteiger partial charge >= 0.3 is 0 Å². The maximum absolute atomic E-state index is 11.5. The van der Waals surface area contributed by atoms with Gasteiger partial charge in [-0.3, -0.25) is 9.59 Å². The second-order valence-corrected chi connectivity index (χ2v) is 5.05. The van der Waals surface area contributed by atoms with E-state index in [1.54, 1.807) is 26.4 Å². The highest BCUT2D eigenvalue weighted by Gasteiger charge is 2.17. The van der Waals surface area contributed by atoms with E-state index in [1.165, 1.54) is 0 Å². The van der Waals surface area contributed by atoms with Crippen LogP contribution in [-0.2, 0) is 0 Å². The van der Waals surface area contributed by atoms with E-state index in [9.17, 15) is 9.59 Å². The number of hydrogen-bond acceptors (Lipinski definition) is 4. The Bertz CT molecular complexity index is 669. The lowest BCUT2D eigenvalue weighted by Crippen LogP contribution is -2.00. The number of methoxy groups -OCH3 is 2. The predicted octanol–water partition coefficient (Wildman–Crippen LogP) is 3.61. The highest BCUT2D eigenvalue weighted by atomic mass is 16.5. The summed E-state index contributed by atoms with van der Waals surface area (Å²) in [6.07, 6.45) is 1.56. The van der Waals surface area contributed by atoms with E-state index in [0.29, 0.717) is 22.6 Å². The number of benzene rings is 2. The quantitative estimate of drug-likeness (QED) is 0.791. The van der Waals surface area contributed by atoms with Crippen molar-refractivity contribution in [2.45, 2.75) is 13.8 Å². The lowest BCUT2D eigenvalue weighted by molar-refractivity contribution is 0.111. The van der Waals surface area contributed by atoms with Gasteiger partial charge in [0.05, 0.1) is 14.2 Å². The summed E-state index contributed by atoms with van der Waals surface area (Å²) in [6.45, 7) is 3.78. The van der Waals surface area contributed by atoms with Crippen molar-refractivity contribution in [1.29, 1.82) is 0 Å². The molecule has 0 aromatic heterocycles. The van der Waals surface area contributed by atoms with E-state index in [4.69, 9.17) is 9.47 Å². The van der Waals surface area contributed by atoms with E-state index >= 15 is 0 Å². The SMILES string of the molecule is COc1cc(C)c(-c2c(C)cc(OC)cc2C=O)c(C=O)c1. The molecule has 4 nitrogen and oxygen atoms in total. The summed E-state index contributed by atoms with van der Waals surface area (Å²) in [6, 6.07) is 7.04. The van der Waals surface area contributed by atoms with Gasteiger partial charge in [-0.1, -0.05) is 0 Å². The minimum Gasteiger partial charge on any atom is -0.497 e. The Hall–Kier alpha value is -2.62. The first-order chi connectivity index (χ1) is 10.5. The van der Waals surface area contributed by atoms with Gasteiger partial charge < -0.3 is 9.47 Å². The van der Waals surface area contributed by atoms with Crippen molar-refractivity contribution in [3.05, 3.63) is 46.5 Å². The van der Waals surface area contributed by atoms with Gasteiger partial charge in [0.15, 0.2) is 12.6 Å². The summed E-state index contributed by atoms with van der Waals surface area (Å²) in [5, 5.41) is 0. The second kappa shape index (κ2) is 6.43. The summed E-state index contributed by atoms with van der Waals surface area (Å²) >= 11 is 0. The molecule has 0 atom stereocenters. The molecule has 2 rings (SSSR count). The zero-order valence-electron chi connectivity index (χ0n) is 13.1. The molecule has 4 heteroatoms. The zero-order chi connectivity index (χ0) is 16.3. The molecule has 2 aromatic rings. The van der Waals surface area contributed by atoms with Crippen LogP contribution in [-0.4, -0.2) is 26.8 Å². The summed E-state index contributed by atoms with van der Waals surface area (Å²) in [4.78, 5) is 23.0. The van der Waals surface area contributed by atoms with E-state index < -0.39 is 0 Å². The molecule has 0 radical (unpaired) electrons. The zero-order valence-corrected chi connectivity index (χ0v) is 13.1. The Morgan fingerprint density at radius 2 is 1.09 bits per heavy atom. The number of carbonyl (C=O) groups is 2. The first kappa shape index (κ1) is 15.8. The summed E-state index contributed by atoms with van der Waals surface area (Å²) in [5.41, 5.74) is 4.23. The molecular formula is C18H18O4. The molecule has 114 valence electrons. The Balaban J connectivity index is 2.82. The van der Waals surface area contributed by atoms with Crippen LogP contribution in [0.25, 0.3) is 11.1 Å². The van der Waals surface area contributed by atoms with Crippen LogP contribution in [0.3, 0.4) is 0 Å². The van der Waals surface area contributed by atoms with Gasteiger partial charge in [-0.15, -0.1) is 0 Å². The smallest absolute Gasteiger partial charge is 0.150 e. The first-order valence-electron chi connectivity index (χ1n) is 6.83. The standard InChI is InChI=1S/C18H18O4/c1-11-5-15(21-3)7-13(9-19)17(11)18-12(2)6-16(22-4)8-14(18)10-20/h5-10H,1-4H3. The first-order valence-corrected chi connectivity index (χ1v) is 6.83. The third kappa shape index (κ3) is 2.72. The van der Waals surface area contributed by atoms with Crippen molar-refractivity contribution in [3.63, 3.8) is 0 Å². The van der Waals surface area contributed by atoms with Gasteiger partial charge in [-0.25, -0.2) is 0 Å². The van der Waals surface area contributed by atoms with E-state index in [2.05, 4.69) is 0 Å². The van der Waals surface area contributed by atoms with Crippen LogP contribution < -0.4 is 9.47 Å². The minimum atomic E-state index is 0.494. The molecule has 0 aliphatic heterocycles. The molecule has 0 saturated carbocycles. The normalized spacial score (nSPS) is 10.2. The van der Waals surface area contributed by atoms with Crippen LogP contribution in [0.1, 0.15) is 31.8 Å². The fourth-order valence-corrected chi connectivity index (χ4v) is 2.67. The lowest BCUT2D eigenvalue weighted by atomic mass is 9.89. The monoisotopic (exact) mass is 298 g/mol. The largest absolute Gasteiger partial charge is 0.497 e. The van der Waals surface area contributed by atoms with Crippen molar-refractivity contribution in [3.8, 4) is 22.6 Å². The average molecular weight is 298 g/mol. The van der Waals surface area contributed by atoms with Gasteiger partial charge in [0.1, 0.15) is 11.5 Å². The molecule has 0 saturated heterocycles. The Kier molecular flexibility index (Phi) is 4.61. The maximum Gasteiger partial charge on any atom is 0.150 e. The average Bonchev–Trinajstić information content (AvgIpc) is 2.53. The van der Waals surface area contributed by atoms with E-state index in [1.807, 2.05) is 26.0 Å². The third-order valence-electron chi connectivity index (χ3n) is 3.65. The Labute approximate surface area is 129 Å². The fraction of sp³-hybridized carbons (Fsp3) is 0.222. The topological polar surface area (TPSA) is 52.6 Å². The molecular weight excluding hydrogens is 280 g/mol. The molecule has 0 bridgehead atoms. The number of hydrogen-bond donors (Lipinski definition) is 0. The number of carbonyl (C=O) groups excluding carboxylic acids is 2. The molecule has 22 heavy (non-hydrogen) atoms. The van der Waals surface area contributed by atoms with Gasteiger partial charge in [0.25, 0.3) is 0 Å². The van der Waals surface area contributed by atoms with Gasteiger partial charge in [-0.05, 0) is 60.4 Å². The van der Waals surface area contributed by atoms with E-state index in [-0.39, 0.29) is 0 Å². The molecule has 0 heterocycles. The third-order valence-corrected chi connectivity index (χ3v) is 3.65. The summed E-state index contributed by atoms with van der Waals surface area (Å²) < 4.78 is 10.4. The highest BCUT2D eigenvalue weighted by Crippen LogP contribution is 2.36. The van der Waals surface area contributed by atoms with Gasteiger partial charge in [0.2, 0.25) is 0 Å². The van der Waals surface area contributed by atoms with Crippen molar-refractivity contribution < 1.29 is 19.1 Å². The molecule has 0 aliphatic rings. The predicted molar refractivity (Wildman–Crippen MR) is 85.2 cm³/mol. The van der Waals surface area contributed by atoms with E-state index in [0.717, 1.165) is 34.8 Å². The molecule has 2 aromatic carbocycles. The lowest BCUT2D eigenvalue weighted by Gasteiger charge is -2.17. The van der Waals surface area contributed by atoms with Gasteiger partial charge in [0, 0.05) is 11.1 Å². The summed E-state index contributed by atoms with van der Waals surface area (Å²) in [5.74, 6) is 1.23. The van der Waals surface area contributed by atoms with Crippen molar-refractivity contribution >= 4 is 12.6 Å². The Morgan fingerprint density at radius 1 is 0.727 bits per heavy atom. The maximum atomic E-state index is 11.5. The molecule has 0 aliphatic carbocycles.